The Hall–Kier alpha value is -1.66. The van der Waals surface area contributed by atoms with E-state index in [1.807, 2.05) is 24.3 Å². The molecule has 0 radical (unpaired) electrons. The van der Waals surface area contributed by atoms with Crippen LogP contribution in [0, 0.1) is 0 Å². The van der Waals surface area contributed by atoms with Gasteiger partial charge in [-0.2, -0.15) is 0 Å². The van der Waals surface area contributed by atoms with Gasteiger partial charge in [0.2, 0.25) is 0 Å². The SMILES string of the molecule is C[C@@H](NC(=S)Nc1ccccc1Cl)[C@H](c1ccccc1)[NH+]1CC[NH+](C)CC1. The molecule has 1 saturated heterocycles. The Bertz CT molecular complexity index is 747. The molecule has 0 unspecified atom stereocenters. The van der Waals surface area contributed by atoms with Crippen molar-refractivity contribution in [3.05, 3.63) is 65.2 Å². The first-order chi connectivity index (χ1) is 13.0. The van der Waals surface area contributed by atoms with Crippen molar-refractivity contribution in [2.24, 2.45) is 0 Å². The normalized spacial score (nSPS) is 21.9. The summed E-state index contributed by atoms with van der Waals surface area (Å²) in [6.07, 6.45) is 0. The van der Waals surface area contributed by atoms with Gasteiger partial charge in [-0.05, 0) is 31.3 Å². The van der Waals surface area contributed by atoms with Gasteiger partial charge in [-0.25, -0.2) is 0 Å². The molecular formula is C21H29ClN4S+2. The number of hydrogen-bond acceptors (Lipinski definition) is 1. The minimum atomic E-state index is 0.197. The van der Waals surface area contributed by atoms with Gasteiger partial charge < -0.3 is 20.4 Å². The molecule has 0 aromatic heterocycles. The predicted molar refractivity (Wildman–Crippen MR) is 117 cm³/mol. The minimum absolute atomic E-state index is 0.197. The quantitative estimate of drug-likeness (QED) is 0.565. The lowest BCUT2D eigenvalue weighted by molar-refractivity contribution is -1.02. The van der Waals surface area contributed by atoms with Gasteiger partial charge in [0, 0.05) is 5.56 Å². The number of hydrogen-bond donors (Lipinski definition) is 4. The summed E-state index contributed by atoms with van der Waals surface area (Å²) in [5.41, 5.74) is 2.18. The van der Waals surface area contributed by atoms with Crippen LogP contribution in [0.3, 0.4) is 0 Å². The fourth-order valence-electron chi connectivity index (χ4n) is 3.86. The Morgan fingerprint density at radius 2 is 1.63 bits per heavy atom. The monoisotopic (exact) mass is 404 g/mol. The molecule has 4 N–H and O–H groups in total. The van der Waals surface area contributed by atoms with E-state index >= 15 is 0 Å². The van der Waals surface area contributed by atoms with E-state index in [1.54, 1.807) is 9.80 Å². The van der Waals surface area contributed by atoms with Crippen molar-refractivity contribution >= 4 is 34.6 Å². The van der Waals surface area contributed by atoms with Crippen molar-refractivity contribution in [1.29, 1.82) is 0 Å². The van der Waals surface area contributed by atoms with Crippen molar-refractivity contribution in [2.45, 2.75) is 19.0 Å². The van der Waals surface area contributed by atoms with Crippen LogP contribution in [0.5, 0.6) is 0 Å². The van der Waals surface area contributed by atoms with Crippen LogP contribution in [0.1, 0.15) is 18.5 Å². The number of quaternary nitrogens is 2. The summed E-state index contributed by atoms with van der Waals surface area (Å²) in [4.78, 5) is 3.23. The lowest BCUT2D eigenvalue weighted by Gasteiger charge is -2.37. The van der Waals surface area contributed by atoms with Crippen molar-refractivity contribution in [3.8, 4) is 0 Å². The molecule has 27 heavy (non-hydrogen) atoms. The molecule has 1 aliphatic heterocycles. The summed E-state index contributed by atoms with van der Waals surface area (Å²) in [5, 5.41) is 8.00. The molecule has 4 nitrogen and oxygen atoms in total. The number of likely N-dealkylation sites (N-methyl/N-ethyl adjacent to an activating group) is 1. The van der Waals surface area contributed by atoms with E-state index in [1.165, 1.54) is 31.7 Å². The average Bonchev–Trinajstić information content (AvgIpc) is 2.66. The lowest BCUT2D eigenvalue weighted by Crippen LogP contribution is -3.27. The van der Waals surface area contributed by atoms with Gasteiger partial charge in [0.05, 0.1) is 23.8 Å². The first-order valence-corrected chi connectivity index (χ1v) is 10.4. The van der Waals surface area contributed by atoms with E-state index in [2.05, 4.69) is 54.9 Å². The number of anilines is 1. The first-order valence-electron chi connectivity index (χ1n) is 9.57. The molecule has 2 aromatic carbocycles. The molecule has 0 aliphatic carbocycles. The zero-order valence-electron chi connectivity index (χ0n) is 16.0. The summed E-state index contributed by atoms with van der Waals surface area (Å²) >= 11 is 11.8. The number of thiocarbonyl (C=S) groups is 1. The Morgan fingerprint density at radius 3 is 2.30 bits per heavy atom. The molecule has 3 rings (SSSR count). The van der Waals surface area contributed by atoms with Crippen molar-refractivity contribution in [1.82, 2.24) is 5.32 Å². The molecule has 0 amide bonds. The molecule has 0 bridgehead atoms. The summed E-state index contributed by atoms with van der Waals surface area (Å²) in [7, 11) is 2.28. The van der Waals surface area contributed by atoms with Crippen LogP contribution >= 0.6 is 23.8 Å². The highest BCUT2D eigenvalue weighted by atomic mass is 35.5. The van der Waals surface area contributed by atoms with Gasteiger partial charge in [-0.1, -0.05) is 54.1 Å². The second kappa shape index (κ2) is 9.51. The first kappa shape index (κ1) is 20.1. The second-order valence-electron chi connectivity index (χ2n) is 7.37. The Balaban J connectivity index is 1.71. The van der Waals surface area contributed by atoms with Crippen molar-refractivity contribution < 1.29 is 9.80 Å². The smallest absolute Gasteiger partial charge is 0.171 e. The highest BCUT2D eigenvalue weighted by molar-refractivity contribution is 7.80. The average molecular weight is 405 g/mol. The number of nitrogens with one attached hydrogen (secondary N) is 4. The Morgan fingerprint density at radius 1 is 1.00 bits per heavy atom. The van der Waals surface area contributed by atoms with Gasteiger partial charge in [0.25, 0.3) is 0 Å². The van der Waals surface area contributed by atoms with Gasteiger partial charge in [0.1, 0.15) is 32.2 Å². The van der Waals surface area contributed by atoms with Crippen LogP contribution in [0.15, 0.2) is 54.6 Å². The molecule has 1 heterocycles. The predicted octanol–water partition coefficient (Wildman–Crippen LogP) is 1.17. The lowest BCUT2D eigenvalue weighted by atomic mass is 9.98. The van der Waals surface area contributed by atoms with E-state index in [4.69, 9.17) is 23.8 Å². The Labute approximate surface area is 172 Å². The largest absolute Gasteiger partial charge is 0.354 e. The number of halogens is 1. The molecular weight excluding hydrogens is 376 g/mol. The molecule has 0 saturated carbocycles. The molecule has 2 atom stereocenters. The highest BCUT2D eigenvalue weighted by Gasteiger charge is 2.33. The molecule has 0 spiro atoms. The van der Waals surface area contributed by atoms with Crippen LogP contribution in [0.4, 0.5) is 5.69 Å². The fourth-order valence-corrected chi connectivity index (χ4v) is 4.34. The van der Waals surface area contributed by atoms with Crippen molar-refractivity contribution in [3.63, 3.8) is 0 Å². The van der Waals surface area contributed by atoms with Crippen LogP contribution in [0.2, 0.25) is 5.02 Å². The summed E-state index contributed by atoms with van der Waals surface area (Å²) in [6, 6.07) is 19.0. The van der Waals surface area contributed by atoms with E-state index < -0.39 is 0 Å². The third-order valence-electron chi connectivity index (χ3n) is 5.33. The second-order valence-corrected chi connectivity index (χ2v) is 8.19. The number of benzene rings is 2. The number of piperazine rings is 1. The molecule has 6 heteroatoms. The zero-order chi connectivity index (χ0) is 19.2. The van der Waals surface area contributed by atoms with Crippen LogP contribution in [-0.2, 0) is 0 Å². The van der Waals surface area contributed by atoms with Crippen molar-refractivity contribution in [2.75, 3.05) is 38.5 Å². The standard InChI is InChI=1S/C21H27ClN4S/c1-16(23-21(27)24-19-11-7-6-10-18(19)22)20(17-8-4-3-5-9-17)26-14-12-25(2)13-15-26/h3-11,16,20H,12-15H2,1-2H3,(H2,23,24,27)/p+2/t16-,20-/m1/s1. The van der Waals surface area contributed by atoms with Gasteiger partial charge in [-0.15, -0.1) is 0 Å². The minimum Gasteiger partial charge on any atom is -0.354 e. The maximum absolute atomic E-state index is 6.24. The third-order valence-corrected chi connectivity index (χ3v) is 5.87. The molecule has 144 valence electrons. The van der Waals surface area contributed by atoms with Gasteiger partial charge in [0.15, 0.2) is 5.11 Å². The summed E-state index contributed by atoms with van der Waals surface area (Å²) in [6.45, 7) is 6.96. The van der Waals surface area contributed by atoms with Gasteiger partial charge in [-0.3, -0.25) is 0 Å². The summed E-state index contributed by atoms with van der Waals surface area (Å²) < 4.78 is 0. The topological polar surface area (TPSA) is 32.9 Å². The van der Waals surface area contributed by atoms with E-state index in [0.717, 1.165) is 5.69 Å². The summed E-state index contributed by atoms with van der Waals surface area (Å²) in [5.74, 6) is 0. The van der Waals surface area contributed by atoms with Crippen LogP contribution in [-0.4, -0.2) is 44.4 Å². The van der Waals surface area contributed by atoms with Crippen LogP contribution < -0.4 is 20.4 Å². The number of para-hydroxylation sites is 1. The van der Waals surface area contributed by atoms with Crippen LogP contribution in [0.25, 0.3) is 0 Å². The van der Waals surface area contributed by atoms with E-state index in [9.17, 15) is 0 Å². The Kier molecular flexibility index (Phi) is 7.07. The maximum atomic E-state index is 6.24. The zero-order valence-corrected chi connectivity index (χ0v) is 17.5. The molecule has 1 aliphatic rings. The molecule has 1 fully saturated rings. The number of rotatable bonds is 5. The highest BCUT2D eigenvalue weighted by Crippen LogP contribution is 2.20. The molecule has 2 aromatic rings. The van der Waals surface area contributed by atoms with E-state index in [-0.39, 0.29) is 6.04 Å². The third kappa shape index (κ3) is 5.42. The maximum Gasteiger partial charge on any atom is 0.171 e. The fraction of sp³-hybridized carbons (Fsp3) is 0.381. The van der Waals surface area contributed by atoms with E-state index in [0.29, 0.717) is 16.2 Å². The van der Waals surface area contributed by atoms with Gasteiger partial charge >= 0.3 is 0 Å².